The number of nitrogens with zero attached hydrogens (tertiary/aromatic N) is 1. The van der Waals surface area contributed by atoms with E-state index in [1.54, 1.807) is 6.92 Å². The molecule has 7 heteroatoms. The number of aromatic amines is 1. The molecule has 1 unspecified atom stereocenters. The molecule has 1 amide bonds. The van der Waals surface area contributed by atoms with Crippen LogP contribution in [0.3, 0.4) is 0 Å². The molecule has 1 atom stereocenters. The van der Waals surface area contributed by atoms with Crippen molar-refractivity contribution in [1.82, 2.24) is 15.3 Å². The van der Waals surface area contributed by atoms with Crippen LogP contribution in [0, 0.1) is 6.92 Å². The minimum Gasteiger partial charge on any atom is -0.494 e. The molecule has 0 saturated heterocycles. The van der Waals surface area contributed by atoms with Crippen LogP contribution < -0.4 is 15.6 Å². The maximum absolute atomic E-state index is 12.2. The molecule has 1 aromatic carbocycles. The number of thioether (sulfide) groups is 1. The summed E-state index contributed by atoms with van der Waals surface area (Å²) in [6.45, 7) is 6.29. The van der Waals surface area contributed by atoms with Gasteiger partial charge in [0.25, 0.3) is 5.56 Å². The van der Waals surface area contributed by atoms with Crippen LogP contribution in [0.15, 0.2) is 34.2 Å². The highest BCUT2D eigenvalue weighted by molar-refractivity contribution is 7.98. The van der Waals surface area contributed by atoms with Gasteiger partial charge in [-0.25, -0.2) is 4.98 Å². The fraction of sp³-hybridized carbons (Fsp3) is 0.421. The zero-order chi connectivity index (χ0) is 19.1. The van der Waals surface area contributed by atoms with Gasteiger partial charge in [0.05, 0.1) is 12.6 Å². The first-order valence-corrected chi connectivity index (χ1v) is 9.83. The van der Waals surface area contributed by atoms with Crippen molar-refractivity contribution >= 4 is 17.7 Å². The van der Waals surface area contributed by atoms with Crippen LogP contribution in [0.2, 0.25) is 0 Å². The second kappa shape index (κ2) is 9.43. The topological polar surface area (TPSA) is 84.1 Å². The Morgan fingerprint density at radius 1 is 1.35 bits per heavy atom. The summed E-state index contributed by atoms with van der Waals surface area (Å²) in [5.41, 5.74) is 2.06. The van der Waals surface area contributed by atoms with Gasteiger partial charge in [-0.05, 0) is 51.1 Å². The molecule has 2 aromatic rings. The Kier molecular flexibility index (Phi) is 7.26. The number of H-pyrrole nitrogens is 1. The van der Waals surface area contributed by atoms with Crippen LogP contribution in [0.25, 0.3) is 0 Å². The third-order valence-electron chi connectivity index (χ3n) is 4.06. The molecule has 0 aliphatic carbocycles. The normalized spacial score (nSPS) is 11.8. The number of rotatable bonds is 8. The summed E-state index contributed by atoms with van der Waals surface area (Å²) in [6, 6.07) is 7.55. The Hall–Kier alpha value is -2.28. The van der Waals surface area contributed by atoms with Gasteiger partial charge in [0.15, 0.2) is 5.16 Å². The van der Waals surface area contributed by atoms with Gasteiger partial charge in [-0.2, -0.15) is 0 Å². The predicted molar refractivity (Wildman–Crippen MR) is 104 cm³/mol. The van der Waals surface area contributed by atoms with E-state index < -0.39 is 0 Å². The van der Waals surface area contributed by atoms with Crippen molar-refractivity contribution in [3.8, 4) is 5.75 Å². The van der Waals surface area contributed by atoms with E-state index in [1.807, 2.05) is 44.4 Å². The fourth-order valence-electron chi connectivity index (χ4n) is 2.63. The van der Waals surface area contributed by atoms with Crippen LogP contribution >= 0.6 is 11.8 Å². The van der Waals surface area contributed by atoms with Crippen LogP contribution in [-0.4, -0.2) is 28.7 Å². The Bertz CT molecular complexity index is 803. The lowest BCUT2D eigenvalue weighted by atomic mass is 10.1. The molecule has 0 fully saturated rings. The maximum Gasteiger partial charge on any atom is 0.254 e. The quantitative estimate of drug-likeness (QED) is 0.547. The zero-order valence-corrected chi connectivity index (χ0v) is 16.4. The van der Waals surface area contributed by atoms with E-state index >= 15 is 0 Å². The molecule has 0 bridgehead atoms. The average Bonchev–Trinajstić information content (AvgIpc) is 2.61. The summed E-state index contributed by atoms with van der Waals surface area (Å²) >= 11 is 1.39. The number of hydrogen-bond acceptors (Lipinski definition) is 5. The number of amides is 1. The van der Waals surface area contributed by atoms with E-state index in [2.05, 4.69) is 15.3 Å². The van der Waals surface area contributed by atoms with E-state index in [0.29, 0.717) is 29.4 Å². The number of carbonyl (C=O) groups is 1. The number of benzene rings is 1. The van der Waals surface area contributed by atoms with Gasteiger partial charge in [0, 0.05) is 17.7 Å². The van der Waals surface area contributed by atoms with Crippen molar-refractivity contribution in [1.29, 1.82) is 0 Å². The highest BCUT2D eigenvalue weighted by atomic mass is 32.2. The molecule has 2 N–H and O–H groups in total. The lowest BCUT2D eigenvalue weighted by Crippen LogP contribution is -2.28. The van der Waals surface area contributed by atoms with E-state index in [-0.39, 0.29) is 23.9 Å². The minimum absolute atomic E-state index is 0.0980. The van der Waals surface area contributed by atoms with Crippen molar-refractivity contribution in [2.45, 2.75) is 44.8 Å². The molecular weight excluding hydrogens is 350 g/mol. The molecule has 0 aliphatic rings. The molecule has 26 heavy (non-hydrogen) atoms. The lowest BCUT2D eigenvalue weighted by Gasteiger charge is -2.15. The fourth-order valence-corrected chi connectivity index (χ4v) is 3.05. The van der Waals surface area contributed by atoms with Gasteiger partial charge in [-0.3, -0.25) is 9.59 Å². The number of aromatic nitrogens is 2. The maximum atomic E-state index is 12.2. The van der Waals surface area contributed by atoms with Crippen molar-refractivity contribution in [2.24, 2.45) is 0 Å². The van der Waals surface area contributed by atoms with E-state index in [9.17, 15) is 9.59 Å². The van der Waals surface area contributed by atoms with Crippen LogP contribution in [0.5, 0.6) is 5.75 Å². The molecule has 6 nitrogen and oxygen atoms in total. The van der Waals surface area contributed by atoms with Crippen LogP contribution in [0.4, 0.5) is 0 Å². The average molecular weight is 375 g/mol. The second-order valence-corrected chi connectivity index (χ2v) is 6.73. The third kappa shape index (κ3) is 5.36. The monoisotopic (exact) mass is 375 g/mol. The van der Waals surface area contributed by atoms with Crippen molar-refractivity contribution in [3.63, 3.8) is 0 Å². The highest BCUT2D eigenvalue weighted by Crippen LogP contribution is 2.18. The summed E-state index contributed by atoms with van der Waals surface area (Å²) in [5.74, 6) is 0.713. The van der Waals surface area contributed by atoms with Gasteiger partial charge < -0.3 is 15.0 Å². The molecular formula is C19H25N3O3S. The molecule has 0 saturated carbocycles. The summed E-state index contributed by atoms with van der Waals surface area (Å²) < 4.78 is 5.42. The Labute approximate surface area is 157 Å². The Balaban J connectivity index is 1.93. The standard InChI is InChI=1S/C19H25N3O3S/c1-5-25-15-8-6-14(7-9-15)12(2)20-17(23)11-10-16-13(3)21-19(26-4)22-18(16)24/h6-9,12H,5,10-11H2,1-4H3,(H,20,23)(H,21,22,24). The van der Waals surface area contributed by atoms with Crippen molar-refractivity contribution < 1.29 is 9.53 Å². The lowest BCUT2D eigenvalue weighted by molar-refractivity contribution is -0.121. The molecule has 1 aromatic heterocycles. The minimum atomic E-state index is -0.172. The van der Waals surface area contributed by atoms with Gasteiger partial charge in [-0.1, -0.05) is 23.9 Å². The molecule has 0 aliphatic heterocycles. The number of hydrogen-bond donors (Lipinski definition) is 2. The van der Waals surface area contributed by atoms with Crippen LogP contribution in [0.1, 0.15) is 43.1 Å². The zero-order valence-electron chi connectivity index (χ0n) is 15.6. The number of carbonyl (C=O) groups excluding carboxylic acids is 1. The van der Waals surface area contributed by atoms with Crippen molar-refractivity contribution in [2.75, 3.05) is 12.9 Å². The summed E-state index contributed by atoms with van der Waals surface area (Å²) in [6.07, 6.45) is 2.46. The summed E-state index contributed by atoms with van der Waals surface area (Å²) in [5, 5.41) is 3.55. The number of aryl methyl sites for hydroxylation is 1. The number of ether oxygens (including phenoxy) is 1. The van der Waals surface area contributed by atoms with Gasteiger partial charge in [0.1, 0.15) is 5.75 Å². The molecule has 2 rings (SSSR count). The Morgan fingerprint density at radius 3 is 2.62 bits per heavy atom. The first kappa shape index (κ1) is 20.0. The third-order valence-corrected chi connectivity index (χ3v) is 4.64. The molecule has 1 heterocycles. The first-order valence-electron chi connectivity index (χ1n) is 8.60. The molecule has 0 spiro atoms. The molecule has 140 valence electrons. The largest absolute Gasteiger partial charge is 0.494 e. The predicted octanol–water partition coefficient (Wildman–Crippen LogP) is 3.01. The smallest absolute Gasteiger partial charge is 0.254 e. The summed E-state index contributed by atoms with van der Waals surface area (Å²) in [4.78, 5) is 31.4. The SMILES string of the molecule is CCOc1ccc(C(C)NC(=O)CCc2c(C)nc(SC)[nH]c2=O)cc1. The first-order chi connectivity index (χ1) is 12.4. The highest BCUT2D eigenvalue weighted by Gasteiger charge is 2.13. The van der Waals surface area contributed by atoms with Crippen LogP contribution in [-0.2, 0) is 11.2 Å². The van der Waals surface area contributed by atoms with Crippen molar-refractivity contribution in [3.05, 3.63) is 51.4 Å². The van der Waals surface area contributed by atoms with Gasteiger partial charge >= 0.3 is 0 Å². The van der Waals surface area contributed by atoms with E-state index in [1.165, 1.54) is 11.8 Å². The molecule has 0 radical (unpaired) electrons. The van der Waals surface area contributed by atoms with E-state index in [4.69, 9.17) is 4.74 Å². The van der Waals surface area contributed by atoms with Gasteiger partial charge in [0.2, 0.25) is 5.91 Å². The van der Waals surface area contributed by atoms with E-state index in [0.717, 1.165) is 11.3 Å². The second-order valence-electron chi connectivity index (χ2n) is 5.93. The number of nitrogens with one attached hydrogen (secondary N) is 2. The Morgan fingerprint density at radius 2 is 2.04 bits per heavy atom. The summed E-state index contributed by atoms with van der Waals surface area (Å²) in [7, 11) is 0. The van der Waals surface area contributed by atoms with Gasteiger partial charge in [-0.15, -0.1) is 0 Å².